The number of pyridine rings is 1. The molecule has 11 nitrogen and oxygen atoms in total. The number of hydrogen-bond acceptors (Lipinski definition) is 9. The number of aromatic nitrogens is 3. The minimum atomic E-state index is -0.640. The number of anilines is 1. The summed E-state index contributed by atoms with van der Waals surface area (Å²) < 4.78 is 22.2. The first kappa shape index (κ1) is 25.2. The number of alkyl carbamates (subject to hydrolysis) is 1. The molecule has 3 fully saturated rings. The molecule has 3 aromatic rings. The number of amides is 1. The van der Waals surface area contributed by atoms with Gasteiger partial charge in [-0.3, -0.25) is 0 Å². The molecule has 5 heterocycles. The summed E-state index contributed by atoms with van der Waals surface area (Å²) in [5.74, 6) is 0. The third-order valence-electron chi connectivity index (χ3n) is 7.25. The fourth-order valence-electron chi connectivity index (χ4n) is 5.29. The first-order valence-electron chi connectivity index (χ1n) is 12.9. The molecule has 3 aliphatic rings. The van der Waals surface area contributed by atoms with Gasteiger partial charge < -0.3 is 39.3 Å². The summed E-state index contributed by atoms with van der Waals surface area (Å²) in [6, 6.07) is 10.3. The Labute approximate surface area is 224 Å². The molecule has 0 aliphatic carbocycles. The van der Waals surface area contributed by atoms with Gasteiger partial charge in [-0.05, 0) is 38.0 Å². The van der Waals surface area contributed by atoms with Gasteiger partial charge in [-0.25, -0.2) is 9.78 Å². The van der Waals surface area contributed by atoms with E-state index in [2.05, 4.69) is 32.3 Å². The quantitative estimate of drug-likeness (QED) is 0.429. The first-order chi connectivity index (χ1) is 18.5. The lowest BCUT2D eigenvalue weighted by Crippen LogP contribution is -2.44. The van der Waals surface area contributed by atoms with Crippen LogP contribution in [-0.2, 0) is 14.2 Å². The number of aromatic amines is 1. The van der Waals surface area contributed by atoms with E-state index in [0.717, 1.165) is 37.2 Å². The number of rotatable bonds is 6. The molecule has 1 amide bonds. The minimum absolute atomic E-state index is 0.127. The zero-order chi connectivity index (χ0) is 26.2. The van der Waals surface area contributed by atoms with Gasteiger partial charge in [0.15, 0.2) is 11.8 Å². The number of fused-ring (bicyclic) bond motifs is 2. The molecule has 12 heteroatoms. The number of nitrogens with one attached hydrogen (secondary N) is 2. The van der Waals surface area contributed by atoms with Gasteiger partial charge in [-0.2, -0.15) is 4.98 Å². The highest BCUT2D eigenvalue weighted by Crippen LogP contribution is 2.33. The van der Waals surface area contributed by atoms with Crippen LogP contribution in [0.3, 0.4) is 0 Å². The molecule has 0 bridgehead atoms. The summed E-state index contributed by atoms with van der Waals surface area (Å²) in [5, 5.41) is 13.4. The Morgan fingerprint density at radius 1 is 1.18 bits per heavy atom. The van der Waals surface area contributed by atoms with Crippen LogP contribution in [0.4, 0.5) is 10.5 Å². The molecular weight excluding hydrogens is 514 g/mol. The smallest absolute Gasteiger partial charge is 0.407 e. The van der Waals surface area contributed by atoms with Gasteiger partial charge in [-0.15, -0.1) is 0 Å². The van der Waals surface area contributed by atoms with Crippen molar-refractivity contribution >= 4 is 34.5 Å². The lowest BCUT2D eigenvalue weighted by Gasteiger charge is -2.33. The molecule has 3 aliphatic heterocycles. The van der Waals surface area contributed by atoms with E-state index >= 15 is 0 Å². The maximum absolute atomic E-state index is 11.7. The van der Waals surface area contributed by atoms with Crippen molar-refractivity contribution in [1.82, 2.24) is 20.3 Å². The lowest BCUT2D eigenvalue weighted by atomic mass is 10.0. The van der Waals surface area contributed by atoms with Crippen LogP contribution >= 0.6 is 11.6 Å². The van der Waals surface area contributed by atoms with Crippen molar-refractivity contribution in [2.45, 2.75) is 50.2 Å². The molecule has 0 saturated carbocycles. The van der Waals surface area contributed by atoms with Crippen LogP contribution in [0.1, 0.15) is 19.8 Å². The Hall–Kier alpha value is -3.12. The van der Waals surface area contributed by atoms with Crippen LogP contribution in [0.25, 0.3) is 22.4 Å². The number of aliphatic hydroxyl groups excluding tert-OH is 1. The van der Waals surface area contributed by atoms with E-state index in [9.17, 15) is 9.90 Å². The summed E-state index contributed by atoms with van der Waals surface area (Å²) >= 11 is 6.60. The highest BCUT2D eigenvalue weighted by atomic mass is 35.5. The molecule has 3 saturated heterocycles. The van der Waals surface area contributed by atoms with E-state index in [0.29, 0.717) is 41.1 Å². The third-order valence-corrected chi connectivity index (χ3v) is 7.54. The average molecular weight is 544 g/mol. The van der Waals surface area contributed by atoms with Crippen molar-refractivity contribution < 1.29 is 28.8 Å². The molecule has 38 heavy (non-hydrogen) atoms. The van der Waals surface area contributed by atoms with Gasteiger partial charge in [0, 0.05) is 30.4 Å². The summed E-state index contributed by atoms with van der Waals surface area (Å²) in [6.07, 6.45) is -0.353. The predicted octanol–water partition coefficient (Wildman–Crippen LogP) is 2.90. The van der Waals surface area contributed by atoms with E-state index in [-0.39, 0.29) is 37.1 Å². The van der Waals surface area contributed by atoms with E-state index in [1.807, 2.05) is 12.1 Å². The fourth-order valence-corrected chi connectivity index (χ4v) is 5.55. The topological polar surface area (TPSA) is 131 Å². The maximum Gasteiger partial charge on any atom is 0.407 e. The highest BCUT2D eigenvalue weighted by Gasteiger charge is 2.48. The van der Waals surface area contributed by atoms with Gasteiger partial charge in [-0.1, -0.05) is 23.7 Å². The Morgan fingerprint density at radius 2 is 1.95 bits per heavy atom. The normalized spacial score (nSPS) is 25.5. The van der Waals surface area contributed by atoms with Gasteiger partial charge in [0.2, 0.25) is 0 Å². The highest BCUT2D eigenvalue weighted by molar-refractivity contribution is 6.33. The average Bonchev–Trinajstić information content (AvgIpc) is 3.61. The van der Waals surface area contributed by atoms with Crippen molar-refractivity contribution in [3.63, 3.8) is 0 Å². The SMILES string of the molecule is CCOC(=O)NC1CCN(c2ccc(-c3nc4nc(OC5COC6C(O)COC56)[nH]c4cc3Cl)cc2)CC1. The molecule has 0 spiro atoms. The van der Waals surface area contributed by atoms with E-state index in [4.69, 9.17) is 35.5 Å². The van der Waals surface area contributed by atoms with E-state index < -0.39 is 6.10 Å². The van der Waals surface area contributed by atoms with E-state index in [1.54, 1.807) is 13.0 Å². The molecule has 1 aromatic carbocycles. The minimum Gasteiger partial charge on any atom is -0.456 e. The number of halogens is 1. The third kappa shape index (κ3) is 4.98. The molecule has 0 radical (unpaired) electrons. The zero-order valence-electron chi connectivity index (χ0n) is 20.9. The molecular formula is C26H30ClN5O6. The first-order valence-corrected chi connectivity index (χ1v) is 13.3. The van der Waals surface area contributed by atoms with Crippen LogP contribution in [-0.4, -0.2) is 89.5 Å². The Morgan fingerprint density at radius 3 is 2.71 bits per heavy atom. The molecule has 202 valence electrons. The number of hydrogen-bond donors (Lipinski definition) is 3. The number of carbonyl (C=O) groups excluding carboxylic acids is 1. The molecule has 3 N–H and O–H groups in total. The summed E-state index contributed by atoms with van der Waals surface area (Å²) in [4.78, 5) is 26.3. The van der Waals surface area contributed by atoms with Gasteiger partial charge in [0.1, 0.15) is 18.3 Å². The number of aliphatic hydroxyl groups is 1. The second kappa shape index (κ2) is 10.6. The van der Waals surface area contributed by atoms with Crippen LogP contribution in [0.2, 0.25) is 5.02 Å². The second-order valence-electron chi connectivity index (χ2n) is 9.72. The maximum atomic E-state index is 11.7. The Kier molecular flexibility index (Phi) is 7.00. The van der Waals surface area contributed by atoms with Crippen molar-refractivity contribution in [1.29, 1.82) is 0 Å². The van der Waals surface area contributed by atoms with Crippen LogP contribution < -0.4 is 15.0 Å². The summed E-state index contributed by atoms with van der Waals surface area (Å²) in [7, 11) is 0. The molecule has 4 unspecified atom stereocenters. The molecule has 2 aromatic heterocycles. The summed E-state index contributed by atoms with van der Waals surface area (Å²) in [5.41, 5.74) is 3.76. The number of imidazole rings is 1. The van der Waals surface area contributed by atoms with Crippen LogP contribution in [0.5, 0.6) is 6.01 Å². The zero-order valence-corrected chi connectivity index (χ0v) is 21.7. The monoisotopic (exact) mass is 543 g/mol. The fraction of sp³-hybridized carbons (Fsp3) is 0.500. The number of carbonyl (C=O) groups is 1. The van der Waals surface area contributed by atoms with Crippen molar-refractivity contribution in [2.24, 2.45) is 0 Å². The Balaban J connectivity index is 1.12. The number of nitrogens with zero attached hydrogens (tertiary/aromatic N) is 3. The lowest BCUT2D eigenvalue weighted by molar-refractivity contribution is 0.00706. The summed E-state index contributed by atoms with van der Waals surface area (Å²) in [6.45, 7) is 4.40. The second-order valence-corrected chi connectivity index (χ2v) is 10.1. The Bertz CT molecular complexity index is 1300. The number of benzene rings is 1. The van der Waals surface area contributed by atoms with Gasteiger partial charge in [0.25, 0.3) is 6.01 Å². The van der Waals surface area contributed by atoms with Crippen molar-refractivity contribution in [3.05, 3.63) is 35.4 Å². The van der Waals surface area contributed by atoms with Crippen LogP contribution in [0, 0.1) is 0 Å². The number of ether oxygens (including phenoxy) is 4. The molecule has 4 atom stereocenters. The molecule has 6 rings (SSSR count). The van der Waals surface area contributed by atoms with Crippen molar-refractivity contribution in [2.75, 3.05) is 37.8 Å². The van der Waals surface area contributed by atoms with Crippen LogP contribution in [0.15, 0.2) is 30.3 Å². The van der Waals surface area contributed by atoms with Crippen molar-refractivity contribution in [3.8, 4) is 17.3 Å². The largest absolute Gasteiger partial charge is 0.456 e. The standard InChI is InChI=1S/C26H30ClN5O6/c1-2-35-26(34)28-15-7-9-32(10-8-15)16-5-3-14(4-6-16)21-17(27)11-18-24(30-21)31-25(29-18)38-20-13-37-22-19(33)12-36-23(20)22/h3-6,11,15,19-20,22-23,33H,2,7-10,12-13H2,1H3,(H,28,34)(H,29,30,31). The van der Waals surface area contributed by atoms with E-state index in [1.165, 1.54) is 0 Å². The van der Waals surface area contributed by atoms with Gasteiger partial charge in [0.05, 0.1) is 36.1 Å². The van der Waals surface area contributed by atoms with Gasteiger partial charge >= 0.3 is 6.09 Å². The number of H-pyrrole nitrogens is 1. The predicted molar refractivity (Wildman–Crippen MR) is 140 cm³/mol. The number of piperidine rings is 1.